The Kier molecular flexibility index (Phi) is 8.95. The minimum Gasteiger partial charge on any atom is -0.462 e. The summed E-state index contributed by atoms with van der Waals surface area (Å²) in [5, 5.41) is 2.92. The Morgan fingerprint density at radius 3 is 1.82 bits per heavy atom. The number of benzene rings is 3. The van der Waals surface area contributed by atoms with Crippen molar-refractivity contribution in [3.8, 4) is 0 Å². The molecule has 7 nitrogen and oxygen atoms in total. The van der Waals surface area contributed by atoms with Crippen LogP contribution in [0.15, 0.2) is 91.0 Å². The first-order chi connectivity index (χ1) is 16.3. The molecule has 0 aliphatic carbocycles. The molecule has 0 saturated carbocycles. The van der Waals surface area contributed by atoms with Crippen molar-refractivity contribution in [3.63, 3.8) is 0 Å². The molecule has 0 aromatic heterocycles. The zero-order valence-corrected chi connectivity index (χ0v) is 19.7. The van der Waals surface area contributed by atoms with Gasteiger partial charge in [-0.3, -0.25) is 9.59 Å². The van der Waals surface area contributed by atoms with Crippen molar-refractivity contribution in [2.45, 2.75) is 24.9 Å². The SMILES string of the molecule is CS(=O)(=O)N[C@H](Cc1ccccc1)C(=O)OC[C@@H](Cc1ccccc1)NC(=O)c1ccccc1. The molecule has 2 N–H and O–H groups in total. The normalized spacial score (nSPS) is 13.0. The van der Waals surface area contributed by atoms with E-state index >= 15 is 0 Å². The fraction of sp³-hybridized carbons (Fsp3) is 0.231. The molecule has 1 amide bonds. The maximum absolute atomic E-state index is 12.9. The summed E-state index contributed by atoms with van der Waals surface area (Å²) in [5.41, 5.74) is 2.25. The average molecular weight is 481 g/mol. The van der Waals surface area contributed by atoms with Gasteiger partial charge in [-0.1, -0.05) is 78.9 Å². The number of carbonyl (C=O) groups is 2. The van der Waals surface area contributed by atoms with E-state index in [2.05, 4.69) is 10.0 Å². The van der Waals surface area contributed by atoms with Crippen LogP contribution in [0.2, 0.25) is 0 Å². The molecule has 2 atom stereocenters. The summed E-state index contributed by atoms with van der Waals surface area (Å²) < 4.78 is 31.6. The second kappa shape index (κ2) is 12.1. The lowest BCUT2D eigenvalue weighted by Crippen LogP contribution is -2.45. The smallest absolute Gasteiger partial charge is 0.324 e. The van der Waals surface area contributed by atoms with Crippen LogP contribution in [0.4, 0.5) is 0 Å². The Hall–Kier alpha value is -3.49. The summed E-state index contributed by atoms with van der Waals surface area (Å²) >= 11 is 0. The van der Waals surface area contributed by atoms with E-state index in [9.17, 15) is 18.0 Å². The first-order valence-electron chi connectivity index (χ1n) is 10.9. The van der Waals surface area contributed by atoms with Crippen LogP contribution in [0.1, 0.15) is 21.5 Å². The monoisotopic (exact) mass is 480 g/mol. The average Bonchev–Trinajstić information content (AvgIpc) is 2.83. The quantitative estimate of drug-likeness (QED) is 0.411. The van der Waals surface area contributed by atoms with Gasteiger partial charge in [0.2, 0.25) is 10.0 Å². The van der Waals surface area contributed by atoms with Gasteiger partial charge in [-0.25, -0.2) is 13.1 Å². The number of carbonyl (C=O) groups excluding carboxylic acids is 2. The number of hydrogen-bond donors (Lipinski definition) is 2. The van der Waals surface area contributed by atoms with Crippen LogP contribution in [0.5, 0.6) is 0 Å². The van der Waals surface area contributed by atoms with Crippen LogP contribution in [0.3, 0.4) is 0 Å². The van der Waals surface area contributed by atoms with Gasteiger partial charge in [0.05, 0.1) is 12.3 Å². The largest absolute Gasteiger partial charge is 0.462 e. The summed E-state index contributed by atoms with van der Waals surface area (Å²) in [6.07, 6.45) is 1.58. The molecule has 8 heteroatoms. The highest BCUT2D eigenvalue weighted by atomic mass is 32.2. The molecule has 0 fully saturated rings. The van der Waals surface area contributed by atoms with Gasteiger partial charge in [-0.15, -0.1) is 0 Å². The zero-order chi connectivity index (χ0) is 24.4. The van der Waals surface area contributed by atoms with E-state index in [-0.39, 0.29) is 18.9 Å². The summed E-state index contributed by atoms with van der Waals surface area (Å²) in [7, 11) is -3.65. The highest BCUT2D eigenvalue weighted by Crippen LogP contribution is 2.09. The first kappa shape index (κ1) is 25.1. The van der Waals surface area contributed by atoms with Crippen LogP contribution in [-0.4, -0.2) is 45.2 Å². The number of sulfonamides is 1. The van der Waals surface area contributed by atoms with E-state index in [4.69, 9.17) is 4.74 Å². The van der Waals surface area contributed by atoms with Crippen LogP contribution >= 0.6 is 0 Å². The van der Waals surface area contributed by atoms with E-state index < -0.39 is 28.1 Å². The fourth-order valence-electron chi connectivity index (χ4n) is 3.47. The third kappa shape index (κ3) is 8.46. The standard InChI is InChI=1S/C26H28N2O5S/c1-34(31,32)28-24(18-21-13-7-3-8-14-21)26(30)33-19-23(17-20-11-5-2-6-12-20)27-25(29)22-15-9-4-10-16-22/h2-16,23-24,28H,17-19H2,1H3,(H,27,29)/t23-,24-/m1/s1. The van der Waals surface area contributed by atoms with Crippen LogP contribution in [0.25, 0.3) is 0 Å². The lowest BCUT2D eigenvalue weighted by molar-refractivity contribution is -0.146. The number of rotatable bonds is 11. The van der Waals surface area contributed by atoms with E-state index in [0.717, 1.165) is 17.4 Å². The fourth-order valence-corrected chi connectivity index (χ4v) is 4.17. The molecule has 0 aliphatic rings. The molecular weight excluding hydrogens is 452 g/mol. The predicted octanol–water partition coefficient (Wildman–Crippen LogP) is 2.73. The third-order valence-corrected chi connectivity index (χ3v) is 5.76. The number of nitrogens with one attached hydrogen (secondary N) is 2. The zero-order valence-electron chi connectivity index (χ0n) is 18.9. The van der Waals surface area contributed by atoms with Gasteiger partial charge in [-0.2, -0.15) is 0 Å². The van der Waals surface area contributed by atoms with Gasteiger partial charge in [0.1, 0.15) is 12.6 Å². The van der Waals surface area contributed by atoms with E-state index in [1.165, 1.54) is 0 Å². The van der Waals surface area contributed by atoms with Gasteiger partial charge in [-0.05, 0) is 36.1 Å². The molecule has 0 heterocycles. The van der Waals surface area contributed by atoms with Crippen molar-refractivity contribution >= 4 is 21.9 Å². The molecule has 178 valence electrons. The molecule has 0 saturated heterocycles. The maximum Gasteiger partial charge on any atom is 0.324 e. The molecule has 3 aromatic rings. The summed E-state index contributed by atoms with van der Waals surface area (Å²) in [6, 6.07) is 25.8. The van der Waals surface area contributed by atoms with Gasteiger partial charge >= 0.3 is 5.97 Å². The van der Waals surface area contributed by atoms with Crippen molar-refractivity contribution in [2.24, 2.45) is 0 Å². The lowest BCUT2D eigenvalue weighted by atomic mass is 10.1. The van der Waals surface area contributed by atoms with Gasteiger partial charge in [0.15, 0.2) is 0 Å². The Labute approximate surface area is 200 Å². The summed E-state index contributed by atoms with van der Waals surface area (Å²) in [5.74, 6) is -0.992. The number of ether oxygens (including phenoxy) is 1. The molecule has 0 radical (unpaired) electrons. The second-order valence-corrected chi connectivity index (χ2v) is 9.77. The second-order valence-electron chi connectivity index (χ2n) is 7.99. The van der Waals surface area contributed by atoms with E-state index in [1.54, 1.807) is 24.3 Å². The van der Waals surface area contributed by atoms with Gasteiger partial charge in [0.25, 0.3) is 5.91 Å². The third-order valence-electron chi connectivity index (χ3n) is 5.05. The van der Waals surface area contributed by atoms with Crippen molar-refractivity contribution in [3.05, 3.63) is 108 Å². The minimum absolute atomic E-state index is 0.108. The number of amides is 1. The van der Waals surface area contributed by atoms with Crippen molar-refractivity contribution < 1.29 is 22.7 Å². The summed E-state index contributed by atoms with van der Waals surface area (Å²) in [4.78, 5) is 25.6. The number of hydrogen-bond acceptors (Lipinski definition) is 5. The molecule has 0 spiro atoms. The highest BCUT2D eigenvalue weighted by Gasteiger charge is 2.26. The van der Waals surface area contributed by atoms with Crippen LogP contribution in [0, 0.1) is 0 Å². The molecule has 0 bridgehead atoms. The molecule has 0 unspecified atom stereocenters. The first-order valence-corrected chi connectivity index (χ1v) is 12.8. The van der Waals surface area contributed by atoms with Crippen molar-refractivity contribution in [2.75, 3.05) is 12.9 Å². The van der Waals surface area contributed by atoms with E-state index in [0.29, 0.717) is 12.0 Å². The molecule has 3 aromatic carbocycles. The number of esters is 1. The van der Waals surface area contributed by atoms with Gasteiger partial charge in [0, 0.05) is 5.56 Å². The van der Waals surface area contributed by atoms with Crippen LogP contribution in [-0.2, 0) is 32.4 Å². The Morgan fingerprint density at radius 2 is 1.29 bits per heavy atom. The van der Waals surface area contributed by atoms with E-state index in [1.807, 2.05) is 66.7 Å². The van der Waals surface area contributed by atoms with Crippen molar-refractivity contribution in [1.29, 1.82) is 0 Å². The molecule has 0 aliphatic heterocycles. The summed E-state index contributed by atoms with van der Waals surface area (Å²) in [6.45, 7) is -0.108. The van der Waals surface area contributed by atoms with Gasteiger partial charge < -0.3 is 10.1 Å². The minimum atomic E-state index is -3.65. The maximum atomic E-state index is 12.9. The topological polar surface area (TPSA) is 102 Å². The Bertz CT molecular complexity index is 1170. The Morgan fingerprint density at radius 1 is 0.794 bits per heavy atom. The predicted molar refractivity (Wildman–Crippen MR) is 131 cm³/mol. The lowest BCUT2D eigenvalue weighted by Gasteiger charge is -2.22. The van der Waals surface area contributed by atoms with Crippen molar-refractivity contribution in [1.82, 2.24) is 10.0 Å². The molecule has 34 heavy (non-hydrogen) atoms. The molecular formula is C26H28N2O5S. The Balaban J connectivity index is 1.71. The molecule has 3 rings (SSSR count). The van der Waals surface area contributed by atoms with Crippen LogP contribution < -0.4 is 10.0 Å². The highest BCUT2D eigenvalue weighted by molar-refractivity contribution is 7.88.